The lowest BCUT2D eigenvalue weighted by atomic mass is 10.1. The Morgan fingerprint density at radius 1 is 0.829 bits per heavy atom. The standard InChI is InChI=1S/C10H8ClF3N2O2.C10H9F3N2O2/c11-7-1-2-8(6(3-7)4-16-18)9(17)15-5-10(12,13)14;11-10(12,13)6-14-9(16)8-3-1-7(2-4-8)5-15-17/h1-4,18H,5H2,(H,15,17);1-5,17H,6H2,(H,14,16). The Labute approximate surface area is 198 Å². The summed E-state index contributed by atoms with van der Waals surface area (Å²) < 4.78 is 71.3. The number of benzene rings is 2. The average Bonchev–Trinajstić information content (AvgIpc) is 2.76. The number of nitrogens with one attached hydrogen (secondary N) is 2. The lowest BCUT2D eigenvalue weighted by Gasteiger charge is -2.10. The van der Waals surface area contributed by atoms with Gasteiger partial charge in [0.15, 0.2) is 0 Å². The van der Waals surface area contributed by atoms with E-state index in [9.17, 15) is 35.9 Å². The monoisotopic (exact) mass is 526 g/mol. The van der Waals surface area contributed by atoms with E-state index in [1.54, 1.807) is 10.6 Å². The van der Waals surface area contributed by atoms with Crippen molar-refractivity contribution in [2.24, 2.45) is 10.3 Å². The SMILES string of the molecule is O=C(NCC(F)(F)F)c1ccc(C=NO)cc1.O=C(NCC(F)(F)F)c1ccc(Cl)cc1C=NO. The van der Waals surface area contributed by atoms with E-state index in [4.69, 9.17) is 22.0 Å². The molecule has 0 unspecified atom stereocenters. The molecule has 2 aromatic rings. The van der Waals surface area contributed by atoms with Gasteiger partial charge in [-0.25, -0.2) is 0 Å². The minimum atomic E-state index is -4.49. The first-order valence-corrected chi connectivity index (χ1v) is 9.58. The molecule has 2 amide bonds. The Hall–Kier alpha value is -3.81. The number of halogens is 7. The number of amides is 2. The van der Waals surface area contributed by atoms with Gasteiger partial charge in [0.05, 0.1) is 12.4 Å². The summed E-state index contributed by atoms with van der Waals surface area (Å²) in [7, 11) is 0. The number of hydrogen-bond acceptors (Lipinski definition) is 6. The van der Waals surface area contributed by atoms with E-state index in [1.807, 2.05) is 0 Å². The first kappa shape index (κ1) is 29.2. The fourth-order valence-corrected chi connectivity index (χ4v) is 2.44. The van der Waals surface area contributed by atoms with Crippen molar-refractivity contribution in [3.05, 3.63) is 69.7 Å². The van der Waals surface area contributed by atoms with Crippen LogP contribution < -0.4 is 10.6 Å². The van der Waals surface area contributed by atoms with Crippen LogP contribution in [0.2, 0.25) is 5.02 Å². The summed E-state index contributed by atoms with van der Waals surface area (Å²) in [5, 5.41) is 25.8. The van der Waals surface area contributed by atoms with E-state index < -0.39 is 37.3 Å². The second kappa shape index (κ2) is 13.2. The minimum absolute atomic E-state index is 0.0681. The van der Waals surface area contributed by atoms with E-state index in [0.717, 1.165) is 12.4 Å². The second-order valence-electron chi connectivity index (χ2n) is 6.44. The van der Waals surface area contributed by atoms with Crippen LogP contribution in [0.25, 0.3) is 0 Å². The topological polar surface area (TPSA) is 123 Å². The van der Waals surface area contributed by atoms with Crippen LogP contribution in [0.5, 0.6) is 0 Å². The lowest BCUT2D eigenvalue weighted by molar-refractivity contribution is -0.123. The first-order chi connectivity index (χ1) is 16.3. The molecule has 0 bridgehead atoms. The molecule has 0 saturated carbocycles. The van der Waals surface area contributed by atoms with Crippen molar-refractivity contribution < 1.29 is 46.3 Å². The van der Waals surface area contributed by atoms with Gasteiger partial charge < -0.3 is 21.0 Å². The van der Waals surface area contributed by atoms with Gasteiger partial charge in [-0.05, 0) is 35.9 Å². The van der Waals surface area contributed by atoms with Gasteiger partial charge in [-0.15, -0.1) is 0 Å². The second-order valence-corrected chi connectivity index (χ2v) is 6.87. The number of nitrogens with zero attached hydrogens (tertiary/aromatic N) is 2. The van der Waals surface area contributed by atoms with Crippen LogP contribution in [0.4, 0.5) is 26.3 Å². The largest absolute Gasteiger partial charge is 0.411 e. The molecule has 0 spiro atoms. The van der Waals surface area contributed by atoms with Crippen LogP contribution in [0, 0.1) is 0 Å². The van der Waals surface area contributed by atoms with Gasteiger partial charge in [0.2, 0.25) is 0 Å². The molecule has 0 fully saturated rings. The van der Waals surface area contributed by atoms with E-state index in [-0.39, 0.29) is 21.7 Å². The summed E-state index contributed by atoms with van der Waals surface area (Å²) in [4.78, 5) is 22.8. The average molecular weight is 527 g/mol. The van der Waals surface area contributed by atoms with E-state index in [2.05, 4.69) is 10.3 Å². The fourth-order valence-electron chi connectivity index (χ4n) is 2.25. The summed E-state index contributed by atoms with van der Waals surface area (Å²) in [6.07, 6.45) is -6.88. The smallest absolute Gasteiger partial charge is 0.405 e. The third kappa shape index (κ3) is 11.7. The van der Waals surface area contributed by atoms with Crippen LogP contribution in [-0.2, 0) is 0 Å². The van der Waals surface area contributed by atoms with Crippen molar-refractivity contribution in [1.82, 2.24) is 10.6 Å². The van der Waals surface area contributed by atoms with Gasteiger partial charge in [0.1, 0.15) is 13.1 Å². The van der Waals surface area contributed by atoms with E-state index in [0.29, 0.717) is 5.56 Å². The van der Waals surface area contributed by atoms with Gasteiger partial charge in [-0.2, -0.15) is 26.3 Å². The van der Waals surface area contributed by atoms with Crippen molar-refractivity contribution in [2.75, 3.05) is 13.1 Å². The van der Waals surface area contributed by atoms with Gasteiger partial charge in [0, 0.05) is 21.7 Å². The predicted molar refractivity (Wildman–Crippen MR) is 113 cm³/mol. The van der Waals surface area contributed by atoms with Gasteiger partial charge in [0.25, 0.3) is 11.8 Å². The zero-order valence-electron chi connectivity index (χ0n) is 17.4. The third-order valence-electron chi connectivity index (χ3n) is 3.73. The highest BCUT2D eigenvalue weighted by molar-refractivity contribution is 6.31. The van der Waals surface area contributed by atoms with Crippen LogP contribution in [0.1, 0.15) is 31.8 Å². The summed E-state index contributed by atoms with van der Waals surface area (Å²) >= 11 is 5.65. The highest BCUT2D eigenvalue weighted by Crippen LogP contribution is 2.17. The van der Waals surface area contributed by atoms with Crippen molar-refractivity contribution in [2.45, 2.75) is 12.4 Å². The fraction of sp³-hybridized carbons (Fsp3) is 0.200. The Morgan fingerprint density at radius 2 is 1.34 bits per heavy atom. The molecule has 190 valence electrons. The molecular weight excluding hydrogens is 510 g/mol. The minimum Gasteiger partial charge on any atom is -0.411 e. The molecule has 0 radical (unpaired) electrons. The predicted octanol–water partition coefficient (Wildman–Crippen LogP) is 4.23. The zero-order chi connectivity index (χ0) is 26.6. The van der Waals surface area contributed by atoms with E-state index in [1.165, 1.54) is 42.5 Å². The van der Waals surface area contributed by atoms with Crippen LogP contribution in [0.3, 0.4) is 0 Å². The summed E-state index contributed by atoms with van der Waals surface area (Å²) in [6.45, 7) is -2.81. The summed E-state index contributed by atoms with van der Waals surface area (Å²) in [6, 6.07) is 9.45. The highest BCUT2D eigenvalue weighted by atomic mass is 35.5. The van der Waals surface area contributed by atoms with Crippen molar-refractivity contribution >= 4 is 35.8 Å². The number of oxime groups is 2. The molecule has 0 saturated heterocycles. The van der Waals surface area contributed by atoms with Crippen LogP contribution >= 0.6 is 11.6 Å². The maximum Gasteiger partial charge on any atom is 0.405 e. The molecule has 0 aliphatic heterocycles. The number of hydrogen-bond donors (Lipinski definition) is 4. The van der Waals surface area contributed by atoms with Crippen LogP contribution in [-0.4, -0.2) is 60.1 Å². The van der Waals surface area contributed by atoms with Crippen LogP contribution in [0.15, 0.2) is 52.8 Å². The molecule has 15 heteroatoms. The zero-order valence-corrected chi connectivity index (χ0v) is 18.1. The Kier molecular flexibility index (Phi) is 11.0. The molecule has 0 aromatic heterocycles. The molecule has 35 heavy (non-hydrogen) atoms. The normalized spacial score (nSPS) is 11.7. The quantitative estimate of drug-likeness (QED) is 0.195. The molecule has 2 aromatic carbocycles. The Balaban J connectivity index is 0.000000351. The molecule has 0 aliphatic carbocycles. The van der Waals surface area contributed by atoms with Crippen molar-refractivity contribution in [1.29, 1.82) is 0 Å². The third-order valence-corrected chi connectivity index (χ3v) is 3.97. The summed E-state index contributed by atoms with van der Waals surface area (Å²) in [5.41, 5.74) is 0.676. The summed E-state index contributed by atoms with van der Waals surface area (Å²) in [5.74, 6) is -1.74. The molecule has 0 heterocycles. The molecule has 0 atom stereocenters. The number of alkyl halides is 6. The molecule has 8 nitrogen and oxygen atoms in total. The van der Waals surface area contributed by atoms with E-state index >= 15 is 0 Å². The lowest BCUT2D eigenvalue weighted by Crippen LogP contribution is -2.34. The van der Waals surface area contributed by atoms with Gasteiger partial charge >= 0.3 is 12.4 Å². The number of rotatable bonds is 6. The van der Waals surface area contributed by atoms with Gasteiger partial charge in [-0.1, -0.05) is 34.0 Å². The molecule has 4 N–H and O–H groups in total. The number of carbonyl (C=O) groups is 2. The number of carbonyl (C=O) groups excluding carboxylic acids is 2. The Morgan fingerprint density at radius 3 is 1.83 bits per heavy atom. The molecular formula is C20H17ClF6N4O4. The first-order valence-electron chi connectivity index (χ1n) is 9.20. The molecule has 2 rings (SSSR count). The Bertz CT molecular complexity index is 1060. The highest BCUT2D eigenvalue weighted by Gasteiger charge is 2.28. The van der Waals surface area contributed by atoms with Crippen molar-refractivity contribution in [3.8, 4) is 0 Å². The maximum atomic E-state index is 11.9. The molecule has 0 aliphatic rings. The maximum absolute atomic E-state index is 11.9. The van der Waals surface area contributed by atoms with Gasteiger partial charge in [-0.3, -0.25) is 9.59 Å². The van der Waals surface area contributed by atoms with Crippen molar-refractivity contribution in [3.63, 3.8) is 0 Å².